The molecule has 2 rings (SSSR count). The van der Waals surface area contributed by atoms with Gasteiger partial charge in [0.05, 0.1) is 12.1 Å². The molecular weight excluding hydrogens is 260 g/mol. The highest BCUT2D eigenvalue weighted by molar-refractivity contribution is 6.17. The van der Waals surface area contributed by atoms with Crippen LogP contribution in [0.15, 0.2) is 30.5 Å². The number of hydrogen-bond acceptors (Lipinski definition) is 2. The zero-order chi connectivity index (χ0) is 13.1. The molecule has 5 heteroatoms. The first-order valence-electron chi connectivity index (χ1n) is 5.25. The first kappa shape index (κ1) is 12.8. The average Bonchev–Trinajstić information content (AvgIpc) is 2.37. The molecule has 2 nitrogen and oxygen atoms in total. The summed E-state index contributed by atoms with van der Waals surface area (Å²) in [4.78, 5) is 3.77. The predicted molar refractivity (Wildman–Crippen MR) is 65.0 cm³/mol. The van der Waals surface area contributed by atoms with Crippen LogP contribution in [0.4, 0.5) is 8.78 Å². The molecule has 0 N–H and O–H groups in total. The Hall–Kier alpha value is -1.68. The van der Waals surface area contributed by atoms with E-state index in [1.165, 1.54) is 12.1 Å². The molecule has 0 spiro atoms. The summed E-state index contributed by atoms with van der Waals surface area (Å²) in [5.41, 5.74) is 0.833. The van der Waals surface area contributed by atoms with Gasteiger partial charge in [-0.15, -0.1) is 11.6 Å². The maximum atomic E-state index is 13.7. The van der Waals surface area contributed by atoms with Crippen molar-refractivity contribution in [2.75, 3.05) is 0 Å². The molecular formula is C13H10ClF2NO. The van der Waals surface area contributed by atoms with Crippen LogP contribution in [0.1, 0.15) is 11.1 Å². The Kier molecular flexibility index (Phi) is 3.77. The number of aromatic nitrogens is 1. The van der Waals surface area contributed by atoms with Gasteiger partial charge in [0.15, 0.2) is 11.6 Å². The van der Waals surface area contributed by atoms with Crippen LogP contribution in [-0.2, 0) is 5.88 Å². The van der Waals surface area contributed by atoms with E-state index in [0.29, 0.717) is 11.1 Å². The van der Waals surface area contributed by atoms with E-state index in [1.54, 1.807) is 19.1 Å². The quantitative estimate of drug-likeness (QED) is 0.779. The van der Waals surface area contributed by atoms with Gasteiger partial charge in [0.2, 0.25) is 5.88 Å². The van der Waals surface area contributed by atoms with Crippen molar-refractivity contribution in [3.8, 4) is 11.6 Å². The van der Waals surface area contributed by atoms with E-state index in [1.807, 2.05) is 0 Å². The number of nitrogens with zero attached hydrogens (tertiary/aromatic N) is 1. The molecule has 0 saturated heterocycles. The molecule has 1 aromatic heterocycles. The number of benzene rings is 1. The molecule has 0 saturated carbocycles. The lowest BCUT2D eigenvalue weighted by atomic mass is 10.2. The van der Waals surface area contributed by atoms with E-state index in [-0.39, 0.29) is 17.5 Å². The first-order valence-corrected chi connectivity index (χ1v) is 5.78. The Morgan fingerprint density at radius 3 is 2.83 bits per heavy atom. The van der Waals surface area contributed by atoms with Gasteiger partial charge in [-0.25, -0.2) is 13.8 Å². The highest BCUT2D eigenvalue weighted by Crippen LogP contribution is 2.28. The second-order valence-corrected chi connectivity index (χ2v) is 4.01. The first-order chi connectivity index (χ1) is 8.61. The molecule has 1 heterocycles. The Morgan fingerprint density at radius 2 is 2.11 bits per heavy atom. The second-order valence-electron chi connectivity index (χ2n) is 3.74. The Balaban J connectivity index is 2.37. The molecule has 1 aromatic carbocycles. The molecule has 18 heavy (non-hydrogen) atoms. The molecule has 0 aliphatic rings. The minimum Gasteiger partial charge on any atom is -0.436 e. The molecule has 0 amide bonds. The number of rotatable bonds is 3. The SMILES string of the molecule is Cc1cccc(Oc2ncc(F)cc2CCl)c1F. The van der Waals surface area contributed by atoms with Gasteiger partial charge in [0.25, 0.3) is 0 Å². The number of halogens is 3. The summed E-state index contributed by atoms with van der Waals surface area (Å²) in [6.45, 7) is 1.63. The summed E-state index contributed by atoms with van der Waals surface area (Å²) in [6, 6.07) is 5.98. The van der Waals surface area contributed by atoms with Crippen LogP contribution in [0.3, 0.4) is 0 Å². The Labute approximate surface area is 108 Å². The zero-order valence-electron chi connectivity index (χ0n) is 9.58. The van der Waals surface area contributed by atoms with Crippen molar-refractivity contribution in [3.63, 3.8) is 0 Å². The number of ether oxygens (including phenoxy) is 1. The standard InChI is InChI=1S/C13H10ClF2NO/c1-8-3-2-4-11(12(8)16)18-13-9(6-14)5-10(15)7-17-13/h2-5,7H,6H2,1H3. The van der Waals surface area contributed by atoms with E-state index < -0.39 is 11.6 Å². The fraction of sp³-hybridized carbons (Fsp3) is 0.154. The molecule has 0 aliphatic carbocycles. The van der Waals surface area contributed by atoms with Gasteiger partial charge in [-0.05, 0) is 24.6 Å². The largest absolute Gasteiger partial charge is 0.436 e. The fourth-order valence-corrected chi connectivity index (χ4v) is 1.65. The van der Waals surface area contributed by atoms with Gasteiger partial charge in [-0.2, -0.15) is 0 Å². The van der Waals surface area contributed by atoms with Crippen LogP contribution in [0.5, 0.6) is 11.6 Å². The van der Waals surface area contributed by atoms with Gasteiger partial charge in [0.1, 0.15) is 5.82 Å². The highest BCUT2D eigenvalue weighted by Gasteiger charge is 2.11. The molecule has 0 radical (unpaired) electrons. The highest BCUT2D eigenvalue weighted by atomic mass is 35.5. The molecule has 0 fully saturated rings. The predicted octanol–water partition coefficient (Wildman–Crippen LogP) is 4.20. The number of alkyl halides is 1. The molecule has 2 aromatic rings. The smallest absolute Gasteiger partial charge is 0.223 e. The van der Waals surface area contributed by atoms with Crippen LogP contribution in [0, 0.1) is 18.6 Å². The van der Waals surface area contributed by atoms with Crippen LogP contribution in [0.2, 0.25) is 0 Å². The van der Waals surface area contributed by atoms with Crippen molar-refractivity contribution in [2.45, 2.75) is 12.8 Å². The summed E-state index contributed by atoms with van der Waals surface area (Å²) < 4.78 is 32.0. The molecule has 0 bridgehead atoms. The van der Waals surface area contributed by atoms with Crippen molar-refractivity contribution in [1.82, 2.24) is 4.98 Å². The fourth-order valence-electron chi connectivity index (χ4n) is 1.46. The van der Waals surface area contributed by atoms with E-state index in [4.69, 9.17) is 16.3 Å². The topological polar surface area (TPSA) is 22.1 Å². The third-order valence-electron chi connectivity index (χ3n) is 2.40. The van der Waals surface area contributed by atoms with Gasteiger partial charge in [-0.1, -0.05) is 12.1 Å². The van der Waals surface area contributed by atoms with Crippen LogP contribution in [0.25, 0.3) is 0 Å². The summed E-state index contributed by atoms with van der Waals surface area (Å²) in [6.07, 6.45) is 0.999. The molecule has 0 unspecified atom stereocenters. The number of aryl methyl sites for hydroxylation is 1. The second kappa shape index (κ2) is 5.31. The van der Waals surface area contributed by atoms with Crippen molar-refractivity contribution in [2.24, 2.45) is 0 Å². The lowest BCUT2D eigenvalue weighted by Crippen LogP contribution is -1.97. The van der Waals surface area contributed by atoms with E-state index in [2.05, 4.69) is 4.98 Å². The van der Waals surface area contributed by atoms with Crippen molar-refractivity contribution in [3.05, 3.63) is 53.2 Å². The summed E-state index contributed by atoms with van der Waals surface area (Å²) >= 11 is 5.66. The summed E-state index contributed by atoms with van der Waals surface area (Å²) in [7, 11) is 0. The van der Waals surface area contributed by atoms with Gasteiger partial charge < -0.3 is 4.74 Å². The van der Waals surface area contributed by atoms with Crippen LogP contribution < -0.4 is 4.74 Å². The maximum Gasteiger partial charge on any atom is 0.223 e. The summed E-state index contributed by atoms with van der Waals surface area (Å²) in [5, 5.41) is 0. The molecule has 0 atom stereocenters. The van der Waals surface area contributed by atoms with E-state index >= 15 is 0 Å². The van der Waals surface area contributed by atoms with E-state index in [9.17, 15) is 8.78 Å². The maximum absolute atomic E-state index is 13.7. The third-order valence-corrected chi connectivity index (χ3v) is 2.69. The van der Waals surface area contributed by atoms with Crippen molar-refractivity contribution >= 4 is 11.6 Å². The van der Waals surface area contributed by atoms with Gasteiger partial charge in [-0.3, -0.25) is 0 Å². The minimum atomic E-state index is -0.511. The molecule has 94 valence electrons. The Morgan fingerprint density at radius 1 is 1.33 bits per heavy atom. The number of hydrogen-bond donors (Lipinski definition) is 0. The van der Waals surface area contributed by atoms with Crippen LogP contribution in [-0.4, -0.2) is 4.98 Å². The number of pyridine rings is 1. The average molecular weight is 270 g/mol. The van der Waals surface area contributed by atoms with Gasteiger partial charge >= 0.3 is 0 Å². The molecule has 0 aliphatic heterocycles. The lowest BCUT2D eigenvalue weighted by molar-refractivity contribution is 0.420. The monoisotopic (exact) mass is 269 g/mol. The minimum absolute atomic E-state index is 0.0352. The van der Waals surface area contributed by atoms with Crippen molar-refractivity contribution in [1.29, 1.82) is 0 Å². The lowest BCUT2D eigenvalue weighted by Gasteiger charge is -2.09. The van der Waals surface area contributed by atoms with Gasteiger partial charge in [0, 0.05) is 5.56 Å². The zero-order valence-corrected chi connectivity index (χ0v) is 10.3. The van der Waals surface area contributed by atoms with E-state index in [0.717, 1.165) is 6.20 Å². The summed E-state index contributed by atoms with van der Waals surface area (Å²) in [5.74, 6) is -0.795. The van der Waals surface area contributed by atoms with Crippen LogP contribution >= 0.6 is 11.6 Å². The third kappa shape index (κ3) is 2.59. The van der Waals surface area contributed by atoms with Crippen molar-refractivity contribution < 1.29 is 13.5 Å². The Bertz CT molecular complexity index is 575. The normalized spacial score (nSPS) is 10.4.